The second-order valence-electron chi connectivity index (χ2n) is 4.70. The summed E-state index contributed by atoms with van der Waals surface area (Å²) >= 11 is 0. The molecule has 1 aromatic heterocycles. The zero-order valence-corrected chi connectivity index (χ0v) is 9.78. The average molecular weight is 237 g/mol. The summed E-state index contributed by atoms with van der Waals surface area (Å²) in [6, 6.07) is 1.65. The van der Waals surface area contributed by atoms with Crippen LogP contribution in [0.2, 0.25) is 0 Å². The number of carboxylic acids is 1. The van der Waals surface area contributed by atoms with E-state index in [2.05, 4.69) is 15.5 Å². The molecule has 6 nitrogen and oxygen atoms in total. The molecule has 1 heterocycles. The van der Waals surface area contributed by atoms with E-state index >= 15 is 0 Å². The summed E-state index contributed by atoms with van der Waals surface area (Å²) < 4.78 is 0. The number of aromatic nitrogens is 2. The normalized spacial score (nSPS) is 16.9. The zero-order valence-electron chi connectivity index (χ0n) is 9.78. The third-order valence-electron chi connectivity index (χ3n) is 2.96. The number of hydrogen-bond acceptors (Lipinski definition) is 3. The van der Waals surface area contributed by atoms with Crippen LogP contribution in [0.4, 0.5) is 0 Å². The largest absolute Gasteiger partial charge is 0.480 e. The van der Waals surface area contributed by atoms with E-state index in [-0.39, 0.29) is 11.6 Å². The Morgan fingerprint density at radius 1 is 1.53 bits per heavy atom. The molecule has 0 unspecified atom stereocenters. The lowest BCUT2D eigenvalue weighted by Gasteiger charge is -2.10. The van der Waals surface area contributed by atoms with E-state index in [1.165, 1.54) is 0 Å². The first-order valence-electron chi connectivity index (χ1n) is 5.56. The Morgan fingerprint density at radius 3 is 2.59 bits per heavy atom. The van der Waals surface area contributed by atoms with Crippen LogP contribution in [0.3, 0.4) is 0 Å². The van der Waals surface area contributed by atoms with Crippen molar-refractivity contribution in [2.75, 3.05) is 0 Å². The molecular weight excluding hydrogens is 222 g/mol. The highest BCUT2D eigenvalue weighted by Crippen LogP contribution is 2.35. The van der Waals surface area contributed by atoms with Gasteiger partial charge in [-0.05, 0) is 24.8 Å². The van der Waals surface area contributed by atoms with Gasteiger partial charge in [0.2, 0.25) is 0 Å². The Morgan fingerprint density at radius 2 is 2.18 bits per heavy atom. The van der Waals surface area contributed by atoms with Gasteiger partial charge in [-0.1, -0.05) is 13.8 Å². The molecule has 0 atom stereocenters. The quantitative estimate of drug-likeness (QED) is 0.724. The van der Waals surface area contributed by atoms with Crippen LogP contribution in [0.15, 0.2) is 6.07 Å². The van der Waals surface area contributed by atoms with Gasteiger partial charge in [-0.2, -0.15) is 5.10 Å². The highest BCUT2D eigenvalue weighted by atomic mass is 16.4. The van der Waals surface area contributed by atoms with E-state index in [1.807, 2.05) is 13.8 Å². The van der Waals surface area contributed by atoms with Crippen molar-refractivity contribution in [2.45, 2.75) is 38.1 Å². The minimum absolute atomic E-state index is 0.237. The predicted octanol–water partition coefficient (Wildman–Crippen LogP) is 0.880. The molecule has 0 radical (unpaired) electrons. The van der Waals surface area contributed by atoms with Gasteiger partial charge < -0.3 is 10.4 Å². The number of nitrogens with one attached hydrogen (secondary N) is 2. The number of carboxylic acid groups (broad SMARTS) is 1. The number of rotatable bonds is 4. The molecule has 0 bridgehead atoms. The molecular formula is C11H15N3O3. The van der Waals surface area contributed by atoms with Gasteiger partial charge in [-0.25, -0.2) is 4.79 Å². The molecule has 6 heteroatoms. The van der Waals surface area contributed by atoms with Gasteiger partial charge in [-0.3, -0.25) is 9.89 Å². The van der Waals surface area contributed by atoms with Crippen LogP contribution < -0.4 is 5.32 Å². The highest BCUT2D eigenvalue weighted by Gasteiger charge is 2.51. The molecule has 1 aliphatic rings. The van der Waals surface area contributed by atoms with E-state index in [4.69, 9.17) is 5.11 Å². The van der Waals surface area contributed by atoms with Crippen LogP contribution in [0.25, 0.3) is 0 Å². The maximum absolute atomic E-state index is 11.8. The van der Waals surface area contributed by atoms with E-state index in [1.54, 1.807) is 6.07 Å². The third-order valence-corrected chi connectivity index (χ3v) is 2.96. The number of aromatic amines is 1. The Kier molecular flexibility index (Phi) is 2.65. The van der Waals surface area contributed by atoms with Gasteiger partial charge in [-0.15, -0.1) is 0 Å². The van der Waals surface area contributed by atoms with Crippen molar-refractivity contribution in [2.24, 2.45) is 0 Å². The summed E-state index contributed by atoms with van der Waals surface area (Å²) in [6.07, 6.45) is 0.963. The smallest absolute Gasteiger partial charge is 0.329 e. The Hall–Kier alpha value is -1.85. The molecule has 0 saturated heterocycles. The van der Waals surface area contributed by atoms with Gasteiger partial charge in [0.1, 0.15) is 11.2 Å². The van der Waals surface area contributed by atoms with Crippen LogP contribution >= 0.6 is 0 Å². The standard InChI is InChI=1S/C11H15N3O3/c1-6(2)7-5-8(14-13-7)9(15)12-11(3-4-11)10(16)17/h5-6H,3-4H2,1-2H3,(H,12,15)(H,13,14)(H,16,17). The number of amides is 1. The zero-order chi connectivity index (χ0) is 12.6. The molecule has 92 valence electrons. The number of carbonyl (C=O) groups is 2. The second-order valence-corrected chi connectivity index (χ2v) is 4.70. The first-order valence-corrected chi connectivity index (χ1v) is 5.56. The van der Waals surface area contributed by atoms with Gasteiger partial charge in [0.05, 0.1) is 0 Å². The molecule has 2 rings (SSSR count). The third kappa shape index (κ3) is 2.15. The lowest BCUT2D eigenvalue weighted by Crippen LogP contribution is -2.43. The SMILES string of the molecule is CC(C)c1cc(C(=O)NC2(C(=O)O)CC2)n[nH]1. The van der Waals surface area contributed by atoms with Crippen molar-refractivity contribution in [1.29, 1.82) is 0 Å². The maximum Gasteiger partial charge on any atom is 0.329 e. The first kappa shape index (κ1) is 11.6. The van der Waals surface area contributed by atoms with Crippen LogP contribution in [0, 0.1) is 0 Å². The van der Waals surface area contributed by atoms with Gasteiger partial charge in [0.25, 0.3) is 5.91 Å². The summed E-state index contributed by atoms with van der Waals surface area (Å²) in [5.41, 5.74) is 0.0325. The summed E-state index contributed by atoms with van der Waals surface area (Å²) in [5.74, 6) is -1.17. The number of hydrogen-bond donors (Lipinski definition) is 3. The van der Waals surface area contributed by atoms with Gasteiger partial charge >= 0.3 is 5.97 Å². The van der Waals surface area contributed by atoms with Crippen molar-refractivity contribution >= 4 is 11.9 Å². The Balaban J connectivity index is 2.07. The Bertz CT molecular complexity index is 460. The summed E-state index contributed by atoms with van der Waals surface area (Å²) in [4.78, 5) is 22.7. The second kappa shape index (κ2) is 3.87. The molecule has 1 fully saturated rings. The molecule has 1 amide bonds. The predicted molar refractivity (Wildman–Crippen MR) is 59.7 cm³/mol. The van der Waals surface area contributed by atoms with Crippen LogP contribution in [-0.4, -0.2) is 32.7 Å². The number of carbonyl (C=O) groups excluding carboxylic acids is 1. The lowest BCUT2D eigenvalue weighted by atomic mass is 10.1. The van der Waals surface area contributed by atoms with E-state index < -0.39 is 17.4 Å². The summed E-state index contributed by atoms with van der Waals surface area (Å²) in [7, 11) is 0. The van der Waals surface area contributed by atoms with Gasteiger partial charge in [0.15, 0.2) is 0 Å². The molecule has 3 N–H and O–H groups in total. The maximum atomic E-state index is 11.8. The molecule has 1 aromatic rings. The number of nitrogens with zero attached hydrogens (tertiary/aromatic N) is 1. The molecule has 0 aliphatic heterocycles. The fourth-order valence-corrected chi connectivity index (χ4v) is 1.55. The fourth-order valence-electron chi connectivity index (χ4n) is 1.55. The van der Waals surface area contributed by atoms with Crippen molar-refractivity contribution in [1.82, 2.24) is 15.5 Å². The first-order chi connectivity index (χ1) is 7.94. The minimum atomic E-state index is -1.06. The van der Waals surface area contributed by atoms with Crippen molar-refractivity contribution in [3.8, 4) is 0 Å². The van der Waals surface area contributed by atoms with E-state index in [0.717, 1.165) is 5.69 Å². The average Bonchev–Trinajstić information content (AvgIpc) is 2.87. The number of aliphatic carboxylic acids is 1. The summed E-state index contributed by atoms with van der Waals surface area (Å²) in [5, 5.41) is 18.1. The van der Waals surface area contributed by atoms with E-state index in [9.17, 15) is 9.59 Å². The van der Waals surface area contributed by atoms with Gasteiger partial charge in [0, 0.05) is 5.69 Å². The van der Waals surface area contributed by atoms with Crippen LogP contribution in [-0.2, 0) is 4.79 Å². The van der Waals surface area contributed by atoms with Crippen LogP contribution in [0.1, 0.15) is 48.8 Å². The van der Waals surface area contributed by atoms with Crippen molar-refractivity contribution < 1.29 is 14.7 Å². The fraction of sp³-hybridized carbons (Fsp3) is 0.545. The van der Waals surface area contributed by atoms with Crippen molar-refractivity contribution in [3.05, 3.63) is 17.5 Å². The van der Waals surface area contributed by atoms with Crippen molar-refractivity contribution in [3.63, 3.8) is 0 Å². The minimum Gasteiger partial charge on any atom is -0.480 e. The molecule has 1 aliphatic carbocycles. The summed E-state index contributed by atoms with van der Waals surface area (Å²) in [6.45, 7) is 3.96. The number of H-pyrrole nitrogens is 1. The monoisotopic (exact) mass is 237 g/mol. The van der Waals surface area contributed by atoms with E-state index in [0.29, 0.717) is 12.8 Å². The molecule has 0 spiro atoms. The lowest BCUT2D eigenvalue weighted by molar-refractivity contribution is -0.140. The molecule has 17 heavy (non-hydrogen) atoms. The molecule has 1 saturated carbocycles. The van der Waals surface area contributed by atoms with Crippen LogP contribution in [0.5, 0.6) is 0 Å². The highest BCUT2D eigenvalue weighted by molar-refractivity contribution is 5.97. The molecule has 0 aromatic carbocycles. The topological polar surface area (TPSA) is 95.1 Å². The Labute approximate surface area is 98.4 Å².